The Morgan fingerprint density at radius 1 is 1.19 bits per heavy atom. The summed E-state index contributed by atoms with van der Waals surface area (Å²) in [6.45, 7) is 9.01. The van der Waals surface area contributed by atoms with Crippen molar-refractivity contribution in [2.45, 2.75) is 66.0 Å². The molecule has 3 nitrogen and oxygen atoms in total. The van der Waals surface area contributed by atoms with Crippen molar-refractivity contribution in [1.29, 1.82) is 0 Å². The highest BCUT2D eigenvalue weighted by molar-refractivity contribution is 7.12. The molecule has 2 unspecified atom stereocenters. The molecule has 0 radical (unpaired) electrons. The molecule has 26 heavy (non-hydrogen) atoms. The number of hydrogen-bond donors (Lipinski definition) is 1. The first-order valence-corrected chi connectivity index (χ1v) is 10.4. The van der Waals surface area contributed by atoms with E-state index in [2.05, 4.69) is 45.1 Å². The number of rotatable bonds is 5. The van der Waals surface area contributed by atoms with Gasteiger partial charge >= 0.3 is 0 Å². The van der Waals surface area contributed by atoms with E-state index in [0.717, 1.165) is 22.6 Å². The summed E-state index contributed by atoms with van der Waals surface area (Å²) in [6, 6.07) is 6.52. The van der Waals surface area contributed by atoms with Gasteiger partial charge in [-0.15, -0.1) is 11.3 Å². The molecule has 0 spiro atoms. The van der Waals surface area contributed by atoms with Crippen LogP contribution < -0.4 is 10.1 Å². The van der Waals surface area contributed by atoms with Crippen molar-refractivity contribution in [3.8, 4) is 5.75 Å². The summed E-state index contributed by atoms with van der Waals surface area (Å²) in [5.41, 5.74) is 4.67. The monoisotopic (exact) mass is 371 g/mol. The molecule has 0 saturated heterocycles. The number of ether oxygens (including phenoxy) is 1. The molecule has 1 aliphatic rings. The third kappa shape index (κ3) is 4.47. The number of carbonyl (C=O) groups is 1. The minimum absolute atomic E-state index is 0.0579. The lowest BCUT2D eigenvalue weighted by atomic mass is 9.86. The maximum absolute atomic E-state index is 12.5. The summed E-state index contributed by atoms with van der Waals surface area (Å²) in [7, 11) is 0. The lowest BCUT2D eigenvalue weighted by Gasteiger charge is -2.29. The Bertz CT molecular complexity index is 780. The van der Waals surface area contributed by atoms with Gasteiger partial charge in [0.2, 0.25) is 0 Å². The fourth-order valence-corrected chi connectivity index (χ4v) is 4.45. The number of thiophene rings is 1. The number of nitrogens with one attached hydrogen (secondary N) is 1. The zero-order valence-electron chi connectivity index (χ0n) is 16.2. The molecule has 1 N–H and O–H groups in total. The largest absolute Gasteiger partial charge is 0.489 e. The molecular weight excluding hydrogens is 342 g/mol. The van der Waals surface area contributed by atoms with Crippen LogP contribution in [0.25, 0.3) is 0 Å². The summed E-state index contributed by atoms with van der Waals surface area (Å²) in [5.74, 6) is 1.56. The van der Waals surface area contributed by atoms with Crippen LogP contribution in [0.1, 0.15) is 64.5 Å². The van der Waals surface area contributed by atoms with E-state index in [1.54, 1.807) is 0 Å². The molecule has 0 aliphatic heterocycles. The summed E-state index contributed by atoms with van der Waals surface area (Å²) in [5, 5.41) is 5.25. The normalized spacial score (nSPS) is 20.0. The van der Waals surface area contributed by atoms with Crippen LogP contribution in [0.5, 0.6) is 5.75 Å². The Hall–Kier alpha value is -1.81. The van der Waals surface area contributed by atoms with Gasteiger partial charge in [0.1, 0.15) is 12.4 Å². The van der Waals surface area contributed by atoms with Crippen LogP contribution in [0.3, 0.4) is 0 Å². The minimum atomic E-state index is 0.0579. The first kappa shape index (κ1) is 19.0. The molecule has 1 saturated carbocycles. The Morgan fingerprint density at radius 2 is 1.96 bits per heavy atom. The van der Waals surface area contributed by atoms with Gasteiger partial charge in [-0.25, -0.2) is 0 Å². The summed E-state index contributed by atoms with van der Waals surface area (Å²) in [4.78, 5) is 13.3. The summed E-state index contributed by atoms with van der Waals surface area (Å²) >= 11 is 1.50. The molecule has 1 heterocycles. The van der Waals surface area contributed by atoms with Crippen LogP contribution in [0, 0.1) is 26.7 Å². The van der Waals surface area contributed by atoms with Gasteiger partial charge in [-0.05, 0) is 73.7 Å². The molecular formula is C22H29NO2S. The Labute approximate surface area is 160 Å². The zero-order valence-corrected chi connectivity index (χ0v) is 17.0. The van der Waals surface area contributed by atoms with Crippen LogP contribution in [-0.4, -0.2) is 11.9 Å². The maximum Gasteiger partial charge on any atom is 0.261 e. The van der Waals surface area contributed by atoms with Gasteiger partial charge in [-0.1, -0.05) is 25.8 Å². The van der Waals surface area contributed by atoms with E-state index >= 15 is 0 Å². The molecule has 3 rings (SSSR count). The lowest BCUT2D eigenvalue weighted by molar-refractivity contribution is 0.0914. The van der Waals surface area contributed by atoms with E-state index in [4.69, 9.17) is 4.74 Å². The molecule has 140 valence electrons. The smallest absolute Gasteiger partial charge is 0.261 e. The van der Waals surface area contributed by atoms with E-state index in [-0.39, 0.29) is 5.91 Å². The molecule has 2 aromatic rings. The van der Waals surface area contributed by atoms with Gasteiger partial charge in [0, 0.05) is 11.6 Å². The molecule has 1 amide bonds. The molecule has 4 heteroatoms. The standard InChI is InChI=1S/C22H29NO2S/c1-14-9-16(3)17(4)20(10-14)25-12-18-11-21(26-13-18)22(24)23-19-8-6-5-7-15(19)2/h9-11,13,15,19H,5-8,12H2,1-4H3,(H,23,24). The van der Waals surface area contributed by atoms with Crippen LogP contribution in [0.4, 0.5) is 0 Å². The molecule has 2 atom stereocenters. The van der Waals surface area contributed by atoms with Gasteiger partial charge in [-0.3, -0.25) is 4.79 Å². The fraction of sp³-hybridized carbons (Fsp3) is 0.500. The van der Waals surface area contributed by atoms with Crippen LogP contribution in [0.2, 0.25) is 0 Å². The quantitative estimate of drug-likeness (QED) is 0.747. The average molecular weight is 372 g/mol. The second-order valence-electron chi connectivity index (χ2n) is 7.65. The highest BCUT2D eigenvalue weighted by Gasteiger charge is 2.23. The predicted octanol–water partition coefficient (Wildman–Crippen LogP) is 5.56. The van der Waals surface area contributed by atoms with E-state index in [9.17, 15) is 4.79 Å². The molecule has 1 aliphatic carbocycles. The van der Waals surface area contributed by atoms with Crippen LogP contribution in [0.15, 0.2) is 23.6 Å². The highest BCUT2D eigenvalue weighted by atomic mass is 32.1. The molecule has 1 aromatic heterocycles. The summed E-state index contributed by atoms with van der Waals surface area (Å²) < 4.78 is 6.02. The molecule has 1 fully saturated rings. The van der Waals surface area contributed by atoms with Crippen molar-refractivity contribution < 1.29 is 9.53 Å². The topological polar surface area (TPSA) is 38.3 Å². The van der Waals surface area contributed by atoms with Crippen molar-refractivity contribution >= 4 is 17.2 Å². The van der Waals surface area contributed by atoms with Crippen molar-refractivity contribution in [2.75, 3.05) is 0 Å². The van der Waals surface area contributed by atoms with Gasteiger partial charge in [0.05, 0.1) is 4.88 Å². The van der Waals surface area contributed by atoms with Crippen molar-refractivity contribution in [3.05, 3.63) is 50.7 Å². The Balaban J connectivity index is 1.60. The number of hydrogen-bond acceptors (Lipinski definition) is 3. The fourth-order valence-electron chi connectivity index (χ4n) is 3.65. The first-order chi connectivity index (χ1) is 12.4. The van der Waals surface area contributed by atoms with Crippen LogP contribution in [-0.2, 0) is 6.61 Å². The van der Waals surface area contributed by atoms with Gasteiger partial charge in [-0.2, -0.15) is 0 Å². The number of carbonyl (C=O) groups excluding carboxylic acids is 1. The van der Waals surface area contributed by atoms with Crippen LogP contribution >= 0.6 is 11.3 Å². The second-order valence-corrected chi connectivity index (χ2v) is 8.57. The lowest BCUT2D eigenvalue weighted by Crippen LogP contribution is -2.40. The molecule has 0 bridgehead atoms. The van der Waals surface area contributed by atoms with Crippen molar-refractivity contribution in [1.82, 2.24) is 5.32 Å². The number of benzene rings is 1. The first-order valence-electron chi connectivity index (χ1n) is 9.53. The van der Waals surface area contributed by atoms with Crippen molar-refractivity contribution in [2.24, 2.45) is 5.92 Å². The maximum atomic E-state index is 12.5. The SMILES string of the molecule is Cc1cc(C)c(C)c(OCc2csc(C(=O)NC3CCCCC3C)c2)c1. The van der Waals surface area contributed by atoms with Crippen molar-refractivity contribution in [3.63, 3.8) is 0 Å². The average Bonchev–Trinajstić information content (AvgIpc) is 3.08. The second kappa shape index (κ2) is 8.26. The third-order valence-corrected chi connectivity index (χ3v) is 6.44. The van der Waals surface area contributed by atoms with E-state index in [1.807, 2.05) is 11.4 Å². The zero-order chi connectivity index (χ0) is 18.7. The predicted molar refractivity (Wildman–Crippen MR) is 108 cm³/mol. The van der Waals surface area contributed by atoms with Gasteiger partial charge in [0.15, 0.2) is 0 Å². The Morgan fingerprint density at radius 3 is 2.73 bits per heavy atom. The summed E-state index contributed by atoms with van der Waals surface area (Å²) in [6.07, 6.45) is 4.81. The highest BCUT2D eigenvalue weighted by Crippen LogP contribution is 2.26. The van der Waals surface area contributed by atoms with Gasteiger partial charge < -0.3 is 10.1 Å². The van der Waals surface area contributed by atoms with E-state index in [1.165, 1.54) is 47.3 Å². The Kier molecular flexibility index (Phi) is 6.02. The van der Waals surface area contributed by atoms with Gasteiger partial charge in [0.25, 0.3) is 5.91 Å². The van der Waals surface area contributed by atoms with E-state index < -0.39 is 0 Å². The minimum Gasteiger partial charge on any atom is -0.489 e. The molecule has 1 aromatic carbocycles. The number of amides is 1. The third-order valence-electron chi connectivity index (χ3n) is 5.46. The number of aryl methyl sites for hydroxylation is 2. The van der Waals surface area contributed by atoms with E-state index in [0.29, 0.717) is 18.6 Å².